The Morgan fingerprint density at radius 1 is 0.842 bits per heavy atom. The van der Waals surface area contributed by atoms with E-state index in [0.29, 0.717) is 5.56 Å². The summed E-state index contributed by atoms with van der Waals surface area (Å²) in [6, 6.07) is 18.0. The molecule has 0 N–H and O–H groups in total. The van der Waals surface area contributed by atoms with Gasteiger partial charge in [-0.2, -0.15) is 5.26 Å². The molecule has 2 nitrogen and oxygen atoms in total. The molecule has 0 unspecified atom stereocenters. The van der Waals surface area contributed by atoms with Crippen molar-refractivity contribution in [3.63, 3.8) is 0 Å². The van der Waals surface area contributed by atoms with E-state index in [1.807, 2.05) is 44.4 Å². The number of nitriles is 1. The fourth-order valence-corrected chi connectivity index (χ4v) is 1.74. The average Bonchev–Trinajstić information content (AvgIpc) is 2.46. The zero-order valence-electron chi connectivity index (χ0n) is 11.2. The molecule has 94 valence electrons. The predicted octanol–water partition coefficient (Wildman–Crippen LogP) is 3.79. The van der Waals surface area contributed by atoms with Crippen LogP contribution in [0.5, 0.6) is 0 Å². The average molecular weight is 248 g/mol. The largest absolute Gasteiger partial charge is 0.378 e. The molecule has 0 atom stereocenters. The maximum atomic E-state index is 8.74. The second kappa shape index (κ2) is 5.88. The summed E-state index contributed by atoms with van der Waals surface area (Å²) in [5, 5.41) is 8.74. The van der Waals surface area contributed by atoms with Gasteiger partial charge in [0.05, 0.1) is 11.6 Å². The lowest BCUT2D eigenvalue weighted by atomic mass is 10.1. The van der Waals surface area contributed by atoms with Gasteiger partial charge in [0.25, 0.3) is 0 Å². The van der Waals surface area contributed by atoms with Crippen LogP contribution in [0.3, 0.4) is 0 Å². The lowest BCUT2D eigenvalue weighted by molar-refractivity contribution is 1.13. The molecule has 0 fully saturated rings. The van der Waals surface area contributed by atoms with Crippen molar-refractivity contribution in [3.05, 3.63) is 65.2 Å². The van der Waals surface area contributed by atoms with Gasteiger partial charge in [-0.05, 0) is 35.4 Å². The van der Waals surface area contributed by atoms with Crippen LogP contribution >= 0.6 is 0 Å². The number of rotatable bonds is 3. The van der Waals surface area contributed by atoms with E-state index in [1.165, 1.54) is 5.69 Å². The number of hydrogen-bond donors (Lipinski definition) is 0. The molecular weight excluding hydrogens is 232 g/mol. The molecule has 0 aliphatic carbocycles. The third-order valence-electron chi connectivity index (χ3n) is 2.92. The third kappa shape index (κ3) is 3.46. The fourth-order valence-electron chi connectivity index (χ4n) is 1.74. The van der Waals surface area contributed by atoms with E-state index in [0.717, 1.165) is 11.1 Å². The van der Waals surface area contributed by atoms with Crippen molar-refractivity contribution in [2.45, 2.75) is 0 Å². The third-order valence-corrected chi connectivity index (χ3v) is 2.92. The summed E-state index contributed by atoms with van der Waals surface area (Å²) in [6.45, 7) is 0. The summed E-state index contributed by atoms with van der Waals surface area (Å²) in [6.07, 6.45) is 4.12. The molecule has 0 radical (unpaired) electrons. The van der Waals surface area contributed by atoms with Crippen molar-refractivity contribution in [2.24, 2.45) is 0 Å². The zero-order valence-corrected chi connectivity index (χ0v) is 11.2. The van der Waals surface area contributed by atoms with Gasteiger partial charge < -0.3 is 4.90 Å². The number of anilines is 1. The molecule has 2 rings (SSSR count). The first kappa shape index (κ1) is 12.9. The molecule has 2 aromatic rings. The Balaban J connectivity index is 2.11. The van der Waals surface area contributed by atoms with E-state index in [4.69, 9.17) is 5.26 Å². The van der Waals surface area contributed by atoms with Gasteiger partial charge >= 0.3 is 0 Å². The summed E-state index contributed by atoms with van der Waals surface area (Å²) in [5.74, 6) is 0. The predicted molar refractivity (Wildman–Crippen MR) is 80.9 cm³/mol. The van der Waals surface area contributed by atoms with E-state index in [9.17, 15) is 0 Å². The molecular formula is C17H16N2. The smallest absolute Gasteiger partial charge is 0.0991 e. The van der Waals surface area contributed by atoms with E-state index < -0.39 is 0 Å². The molecule has 2 aromatic carbocycles. The van der Waals surface area contributed by atoms with E-state index >= 15 is 0 Å². The molecule has 0 aliphatic rings. The van der Waals surface area contributed by atoms with Gasteiger partial charge in [-0.15, -0.1) is 0 Å². The molecule has 0 saturated heterocycles. The number of nitrogens with zero attached hydrogens (tertiary/aromatic N) is 2. The second-order valence-electron chi connectivity index (χ2n) is 4.55. The second-order valence-corrected chi connectivity index (χ2v) is 4.55. The van der Waals surface area contributed by atoms with Gasteiger partial charge in [-0.1, -0.05) is 36.4 Å². The molecule has 0 aromatic heterocycles. The molecule has 2 heteroatoms. The lowest BCUT2D eigenvalue weighted by Crippen LogP contribution is -2.07. The van der Waals surface area contributed by atoms with Crippen LogP contribution in [0.2, 0.25) is 0 Å². The maximum absolute atomic E-state index is 8.74. The van der Waals surface area contributed by atoms with Crippen molar-refractivity contribution in [1.29, 1.82) is 5.26 Å². The van der Waals surface area contributed by atoms with E-state index in [2.05, 4.69) is 41.3 Å². The van der Waals surface area contributed by atoms with Gasteiger partial charge in [0.2, 0.25) is 0 Å². The molecule has 0 spiro atoms. The topological polar surface area (TPSA) is 27.0 Å². The Bertz CT molecular complexity index is 599. The minimum Gasteiger partial charge on any atom is -0.378 e. The lowest BCUT2D eigenvalue weighted by Gasteiger charge is -2.11. The maximum Gasteiger partial charge on any atom is 0.0991 e. The van der Waals surface area contributed by atoms with Crippen LogP contribution in [0.15, 0.2) is 48.5 Å². The first-order valence-electron chi connectivity index (χ1n) is 6.15. The first-order chi connectivity index (χ1) is 9.19. The van der Waals surface area contributed by atoms with Crippen molar-refractivity contribution in [1.82, 2.24) is 0 Å². The number of hydrogen-bond acceptors (Lipinski definition) is 2. The van der Waals surface area contributed by atoms with Gasteiger partial charge in [0.1, 0.15) is 0 Å². The first-order valence-corrected chi connectivity index (χ1v) is 6.15. The molecule has 0 saturated carbocycles. The van der Waals surface area contributed by atoms with Crippen LogP contribution in [0.25, 0.3) is 12.2 Å². The molecule has 0 bridgehead atoms. The summed E-state index contributed by atoms with van der Waals surface area (Å²) in [5.41, 5.74) is 4.13. The van der Waals surface area contributed by atoms with Crippen LogP contribution in [0, 0.1) is 11.3 Å². The molecule has 0 heterocycles. The van der Waals surface area contributed by atoms with Crippen molar-refractivity contribution < 1.29 is 0 Å². The van der Waals surface area contributed by atoms with Crippen molar-refractivity contribution in [3.8, 4) is 6.07 Å². The van der Waals surface area contributed by atoms with Gasteiger partial charge in [0.15, 0.2) is 0 Å². The van der Waals surface area contributed by atoms with Crippen molar-refractivity contribution >= 4 is 17.8 Å². The zero-order chi connectivity index (χ0) is 13.7. The molecule has 0 amide bonds. The van der Waals surface area contributed by atoms with Gasteiger partial charge in [0, 0.05) is 19.8 Å². The van der Waals surface area contributed by atoms with Crippen LogP contribution in [0.4, 0.5) is 5.69 Å². The summed E-state index contributed by atoms with van der Waals surface area (Å²) < 4.78 is 0. The molecule has 0 aliphatic heterocycles. The van der Waals surface area contributed by atoms with E-state index in [1.54, 1.807) is 0 Å². The Kier molecular flexibility index (Phi) is 4.00. The highest BCUT2D eigenvalue weighted by atomic mass is 15.1. The number of benzene rings is 2. The van der Waals surface area contributed by atoms with E-state index in [-0.39, 0.29) is 0 Å². The quantitative estimate of drug-likeness (QED) is 0.773. The summed E-state index contributed by atoms with van der Waals surface area (Å²) in [4.78, 5) is 2.08. The van der Waals surface area contributed by atoms with Crippen molar-refractivity contribution in [2.75, 3.05) is 19.0 Å². The van der Waals surface area contributed by atoms with Crippen LogP contribution in [-0.4, -0.2) is 14.1 Å². The minimum atomic E-state index is 0.687. The van der Waals surface area contributed by atoms with Crippen LogP contribution < -0.4 is 4.90 Å². The van der Waals surface area contributed by atoms with Gasteiger partial charge in [-0.25, -0.2) is 0 Å². The summed E-state index contributed by atoms with van der Waals surface area (Å²) >= 11 is 0. The Hall–Kier alpha value is -2.53. The highest BCUT2D eigenvalue weighted by Gasteiger charge is 1.94. The SMILES string of the molecule is CN(C)c1ccc(/C=C\c2ccc(C#N)cc2)cc1. The highest BCUT2D eigenvalue weighted by molar-refractivity contribution is 5.70. The highest BCUT2D eigenvalue weighted by Crippen LogP contribution is 2.14. The normalized spacial score (nSPS) is 10.4. The molecule has 19 heavy (non-hydrogen) atoms. The Labute approximate surface area is 114 Å². The Morgan fingerprint density at radius 2 is 1.32 bits per heavy atom. The van der Waals surface area contributed by atoms with Crippen LogP contribution in [0.1, 0.15) is 16.7 Å². The Morgan fingerprint density at radius 3 is 1.74 bits per heavy atom. The minimum absolute atomic E-state index is 0.687. The monoisotopic (exact) mass is 248 g/mol. The van der Waals surface area contributed by atoms with Gasteiger partial charge in [-0.3, -0.25) is 0 Å². The fraction of sp³-hybridized carbons (Fsp3) is 0.118. The summed E-state index contributed by atoms with van der Waals surface area (Å²) in [7, 11) is 4.06. The van der Waals surface area contributed by atoms with Crippen LogP contribution in [-0.2, 0) is 0 Å². The standard InChI is InChI=1S/C17H16N2/c1-19(2)17-11-9-15(10-12-17)4-3-14-5-7-16(13-18)8-6-14/h3-12H,1-2H3/b4-3-.